The maximum absolute atomic E-state index is 12.8. The Bertz CT molecular complexity index is 608. The summed E-state index contributed by atoms with van der Waals surface area (Å²) in [5.41, 5.74) is -0.454. The van der Waals surface area contributed by atoms with Crippen LogP contribution < -0.4 is 0 Å². The van der Waals surface area contributed by atoms with Gasteiger partial charge in [0.05, 0.1) is 5.56 Å². The molecule has 6 heteroatoms. The third-order valence-corrected chi connectivity index (χ3v) is 3.49. The molecule has 0 fully saturated rings. The molecule has 0 aliphatic heterocycles. The molecular weight excluding hydrogens is 340 g/mol. The van der Waals surface area contributed by atoms with Crippen LogP contribution in [0.5, 0.6) is 0 Å². The Balaban J connectivity index is 2.40. The largest absolute Gasteiger partial charge is 0.417 e. The zero-order valence-electron chi connectivity index (χ0n) is 9.96. The molecule has 2 rings (SSSR count). The van der Waals surface area contributed by atoms with Crippen molar-refractivity contribution in [2.45, 2.75) is 12.3 Å². The van der Waals surface area contributed by atoms with Crippen molar-refractivity contribution in [2.75, 3.05) is 0 Å². The van der Waals surface area contributed by atoms with E-state index in [0.717, 1.165) is 18.2 Å². The maximum atomic E-state index is 12.8. The Labute approximate surface area is 121 Å². The molecule has 20 heavy (non-hydrogen) atoms. The summed E-state index contributed by atoms with van der Waals surface area (Å²) in [4.78, 5) is 0. The topological polar surface area (TPSA) is 20.2 Å². The van der Waals surface area contributed by atoms with Crippen LogP contribution in [-0.2, 0) is 6.18 Å². The smallest absolute Gasteiger partial charge is 0.384 e. The zero-order valence-corrected chi connectivity index (χ0v) is 11.5. The van der Waals surface area contributed by atoms with Crippen molar-refractivity contribution in [2.24, 2.45) is 0 Å². The second kappa shape index (κ2) is 5.54. The van der Waals surface area contributed by atoms with Crippen molar-refractivity contribution in [3.63, 3.8) is 0 Å². The predicted octanol–water partition coefficient (Wildman–Crippen LogP) is 4.69. The minimum atomic E-state index is -4.52. The fourth-order valence-corrected chi connectivity index (χ4v) is 2.24. The van der Waals surface area contributed by atoms with Crippen molar-refractivity contribution in [1.29, 1.82) is 0 Å². The summed E-state index contributed by atoms with van der Waals surface area (Å²) in [6.45, 7) is 0. The molecule has 1 unspecified atom stereocenters. The molecule has 1 N–H and O–H groups in total. The van der Waals surface area contributed by atoms with Crippen molar-refractivity contribution in [1.82, 2.24) is 0 Å². The molecular formula is C14H9BrF4O. The molecule has 0 aliphatic carbocycles. The summed E-state index contributed by atoms with van der Waals surface area (Å²) in [7, 11) is 0. The molecule has 0 heterocycles. The van der Waals surface area contributed by atoms with E-state index in [1.807, 2.05) is 0 Å². The number of hydrogen-bond acceptors (Lipinski definition) is 1. The average Bonchev–Trinajstić information content (AvgIpc) is 2.38. The van der Waals surface area contributed by atoms with Gasteiger partial charge in [-0.3, -0.25) is 0 Å². The normalized spacial score (nSPS) is 13.3. The molecule has 0 amide bonds. The first kappa shape index (κ1) is 15.0. The molecule has 0 spiro atoms. The first-order valence-electron chi connectivity index (χ1n) is 5.59. The molecule has 0 saturated heterocycles. The van der Waals surface area contributed by atoms with Gasteiger partial charge in [0.25, 0.3) is 0 Å². The monoisotopic (exact) mass is 348 g/mol. The highest BCUT2D eigenvalue weighted by atomic mass is 79.9. The minimum Gasteiger partial charge on any atom is -0.384 e. The van der Waals surface area contributed by atoms with Crippen LogP contribution in [0.1, 0.15) is 22.8 Å². The van der Waals surface area contributed by atoms with E-state index in [1.54, 1.807) is 0 Å². The van der Waals surface area contributed by atoms with E-state index < -0.39 is 23.7 Å². The van der Waals surface area contributed by atoms with Gasteiger partial charge in [-0.05, 0) is 35.4 Å². The third-order valence-electron chi connectivity index (χ3n) is 2.80. The lowest BCUT2D eigenvalue weighted by atomic mass is 9.99. The van der Waals surface area contributed by atoms with Gasteiger partial charge in [-0.1, -0.05) is 34.1 Å². The standard InChI is InChI=1S/C14H9BrF4O/c15-12-6-3-9(7-11(12)14(17,18)19)13(20)8-1-4-10(16)5-2-8/h1-7,13,20H. The van der Waals surface area contributed by atoms with E-state index in [0.29, 0.717) is 5.56 Å². The molecule has 2 aromatic carbocycles. The summed E-state index contributed by atoms with van der Waals surface area (Å²) < 4.78 is 51.1. The van der Waals surface area contributed by atoms with Gasteiger partial charge in [-0.2, -0.15) is 13.2 Å². The fourth-order valence-electron chi connectivity index (χ4n) is 1.77. The van der Waals surface area contributed by atoms with E-state index in [2.05, 4.69) is 15.9 Å². The van der Waals surface area contributed by atoms with Crippen LogP contribution in [0.3, 0.4) is 0 Å². The molecule has 1 nitrogen and oxygen atoms in total. The van der Waals surface area contributed by atoms with E-state index in [-0.39, 0.29) is 10.0 Å². The van der Waals surface area contributed by atoms with Gasteiger partial charge in [0.2, 0.25) is 0 Å². The van der Waals surface area contributed by atoms with Crippen molar-refractivity contribution >= 4 is 15.9 Å². The van der Waals surface area contributed by atoms with E-state index >= 15 is 0 Å². The summed E-state index contributed by atoms with van der Waals surface area (Å²) in [6, 6.07) is 8.42. The number of hydrogen-bond donors (Lipinski definition) is 1. The molecule has 0 aliphatic rings. The van der Waals surface area contributed by atoms with Gasteiger partial charge >= 0.3 is 6.18 Å². The quantitative estimate of drug-likeness (QED) is 0.780. The molecule has 0 saturated carbocycles. The van der Waals surface area contributed by atoms with Crippen LogP contribution in [0.25, 0.3) is 0 Å². The Kier molecular flexibility index (Phi) is 4.15. The summed E-state index contributed by atoms with van der Waals surface area (Å²) in [5.74, 6) is -0.479. The van der Waals surface area contributed by atoms with Gasteiger partial charge < -0.3 is 5.11 Å². The highest BCUT2D eigenvalue weighted by molar-refractivity contribution is 9.10. The fraction of sp³-hybridized carbons (Fsp3) is 0.143. The van der Waals surface area contributed by atoms with Gasteiger partial charge in [-0.15, -0.1) is 0 Å². The molecule has 0 aromatic heterocycles. The molecule has 0 radical (unpaired) electrons. The van der Waals surface area contributed by atoms with E-state index in [4.69, 9.17) is 0 Å². The highest BCUT2D eigenvalue weighted by Gasteiger charge is 2.33. The first-order valence-corrected chi connectivity index (χ1v) is 6.38. The van der Waals surface area contributed by atoms with Crippen LogP contribution in [-0.4, -0.2) is 5.11 Å². The Morgan fingerprint density at radius 2 is 1.50 bits per heavy atom. The van der Waals surface area contributed by atoms with Crippen LogP contribution in [0.4, 0.5) is 17.6 Å². The lowest BCUT2D eigenvalue weighted by Gasteiger charge is -2.15. The summed E-state index contributed by atoms with van der Waals surface area (Å²) >= 11 is 2.83. The van der Waals surface area contributed by atoms with Gasteiger partial charge in [0.15, 0.2) is 0 Å². The highest BCUT2D eigenvalue weighted by Crippen LogP contribution is 2.37. The van der Waals surface area contributed by atoms with Gasteiger partial charge in [0, 0.05) is 4.47 Å². The molecule has 1 atom stereocenters. The number of halogens is 5. The van der Waals surface area contributed by atoms with E-state index in [9.17, 15) is 22.7 Å². The van der Waals surface area contributed by atoms with Crippen LogP contribution in [0.15, 0.2) is 46.9 Å². The lowest BCUT2D eigenvalue weighted by molar-refractivity contribution is -0.138. The summed E-state index contributed by atoms with van der Waals surface area (Å²) in [5, 5.41) is 10.1. The first-order chi connectivity index (χ1) is 9.29. The maximum Gasteiger partial charge on any atom is 0.417 e. The SMILES string of the molecule is OC(c1ccc(F)cc1)c1ccc(Br)c(C(F)(F)F)c1. The third kappa shape index (κ3) is 3.19. The number of rotatable bonds is 2. The number of aliphatic hydroxyl groups excluding tert-OH is 1. The summed E-state index contributed by atoms with van der Waals surface area (Å²) in [6.07, 6.45) is -5.76. The van der Waals surface area contributed by atoms with Crippen LogP contribution in [0.2, 0.25) is 0 Å². The Morgan fingerprint density at radius 3 is 2.05 bits per heavy atom. The number of benzene rings is 2. The van der Waals surface area contributed by atoms with Crippen molar-refractivity contribution in [3.05, 3.63) is 69.4 Å². The Morgan fingerprint density at radius 1 is 0.950 bits per heavy atom. The van der Waals surface area contributed by atoms with Gasteiger partial charge in [-0.25, -0.2) is 4.39 Å². The van der Waals surface area contributed by atoms with Crippen molar-refractivity contribution < 1.29 is 22.7 Å². The van der Waals surface area contributed by atoms with Crippen LogP contribution >= 0.6 is 15.9 Å². The van der Waals surface area contributed by atoms with E-state index in [1.165, 1.54) is 24.3 Å². The van der Waals surface area contributed by atoms with Crippen molar-refractivity contribution in [3.8, 4) is 0 Å². The molecule has 0 bridgehead atoms. The predicted molar refractivity (Wildman–Crippen MR) is 69.6 cm³/mol. The van der Waals surface area contributed by atoms with Gasteiger partial charge in [0.1, 0.15) is 11.9 Å². The minimum absolute atomic E-state index is 0.0899. The number of alkyl halides is 3. The van der Waals surface area contributed by atoms with Crippen LogP contribution in [0, 0.1) is 5.82 Å². The zero-order chi connectivity index (χ0) is 14.9. The Hall–Kier alpha value is -1.40. The second-order valence-electron chi connectivity index (χ2n) is 4.19. The lowest BCUT2D eigenvalue weighted by Crippen LogP contribution is -2.08. The number of aliphatic hydroxyl groups is 1. The average molecular weight is 349 g/mol. The molecule has 2 aromatic rings. The molecule has 106 valence electrons. The second-order valence-corrected chi connectivity index (χ2v) is 5.05.